The largest absolute Gasteiger partial charge is 0.432 e. The first kappa shape index (κ1) is 19.7. The summed E-state index contributed by atoms with van der Waals surface area (Å²) in [4.78, 5) is 24.9. The molecule has 1 aromatic rings. The summed E-state index contributed by atoms with van der Waals surface area (Å²) in [6.07, 6.45) is -0.942. The first-order valence-electron chi connectivity index (χ1n) is 8.42. The number of carbonyl (C=O) groups excluding carboxylic acids is 2. The molecule has 7 nitrogen and oxygen atoms in total. The molecule has 2 amide bonds. The number of sulfonamides is 1. The Morgan fingerprint density at radius 3 is 2.04 bits per heavy atom. The van der Waals surface area contributed by atoms with Crippen molar-refractivity contribution < 1.29 is 31.5 Å². The second-order valence-corrected chi connectivity index (χ2v) is 9.50. The summed E-state index contributed by atoms with van der Waals surface area (Å²) in [6, 6.07) is 2.81. The Hall–Kier alpha value is -2.07. The molecule has 0 N–H and O–H groups in total. The third kappa shape index (κ3) is 3.10. The van der Waals surface area contributed by atoms with Gasteiger partial charge in [0.15, 0.2) is 10.5 Å². The molecular weight excluding hydrogens is 382 g/mol. The number of hydrogen-bond donors (Lipinski definition) is 0. The van der Waals surface area contributed by atoms with Crippen molar-refractivity contribution in [2.75, 3.05) is 13.1 Å². The molecule has 148 valence electrons. The lowest BCUT2D eigenvalue weighted by molar-refractivity contribution is -0.142. The van der Waals surface area contributed by atoms with E-state index in [0.29, 0.717) is 0 Å². The van der Waals surface area contributed by atoms with E-state index in [-0.39, 0.29) is 25.9 Å². The van der Waals surface area contributed by atoms with Crippen LogP contribution in [0.4, 0.5) is 13.6 Å². The van der Waals surface area contributed by atoms with Gasteiger partial charge in [-0.05, 0) is 32.9 Å². The van der Waals surface area contributed by atoms with Crippen LogP contribution in [0.2, 0.25) is 0 Å². The van der Waals surface area contributed by atoms with Gasteiger partial charge in [-0.3, -0.25) is 4.79 Å². The molecule has 2 saturated heterocycles. The average molecular weight is 402 g/mol. The molecular formula is C17H20F2N2O5S. The Labute approximate surface area is 155 Å². The fourth-order valence-electron chi connectivity index (χ4n) is 3.38. The quantitative estimate of drug-likeness (QED) is 0.758. The Balaban J connectivity index is 1.84. The smallest absolute Gasteiger partial charge is 0.418 e. The third-order valence-electron chi connectivity index (χ3n) is 4.78. The predicted molar refractivity (Wildman–Crippen MR) is 90.2 cm³/mol. The molecule has 2 aliphatic rings. The van der Waals surface area contributed by atoms with Crippen LogP contribution in [0, 0.1) is 11.6 Å². The lowest BCUT2D eigenvalue weighted by Crippen LogP contribution is -2.54. The summed E-state index contributed by atoms with van der Waals surface area (Å²) < 4.78 is 59.3. The lowest BCUT2D eigenvalue weighted by Gasteiger charge is -2.36. The highest BCUT2D eigenvalue weighted by Crippen LogP contribution is 2.39. The molecule has 27 heavy (non-hydrogen) atoms. The van der Waals surface area contributed by atoms with Crippen LogP contribution in [-0.4, -0.2) is 53.9 Å². The first-order chi connectivity index (χ1) is 12.4. The average Bonchev–Trinajstić information content (AvgIpc) is 2.77. The van der Waals surface area contributed by atoms with Crippen molar-refractivity contribution in [2.45, 2.75) is 49.6 Å². The molecule has 0 bridgehead atoms. The van der Waals surface area contributed by atoms with E-state index in [1.807, 2.05) is 0 Å². The van der Waals surface area contributed by atoms with E-state index in [1.54, 1.807) is 20.8 Å². The maximum absolute atomic E-state index is 13.9. The van der Waals surface area contributed by atoms with Crippen LogP contribution in [0.25, 0.3) is 0 Å². The Morgan fingerprint density at radius 1 is 1.07 bits per heavy atom. The van der Waals surface area contributed by atoms with E-state index < -0.39 is 49.7 Å². The van der Waals surface area contributed by atoms with Crippen molar-refractivity contribution in [3.8, 4) is 0 Å². The molecule has 2 fully saturated rings. The zero-order valence-electron chi connectivity index (χ0n) is 15.2. The Bertz CT molecular complexity index is 882. The monoisotopic (exact) mass is 402 g/mol. The van der Waals surface area contributed by atoms with Gasteiger partial charge in [-0.15, -0.1) is 0 Å². The van der Waals surface area contributed by atoms with Gasteiger partial charge in [-0.25, -0.2) is 26.9 Å². The van der Waals surface area contributed by atoms with Crippen molar-refractivity contribution in [2.24, 2.45) is 0 Å². The van der Waals surface area contributed by atoms with Crippen LogP contribution in [0.15, 0.2) is 23.1 Å². The van der Waals surface area contributed by atoms with Gasteiger partial charge >= 0.3 is 6.09 Å². The van der Waals surface area contributed by atoms with Crippen molar-refractivity contribution in [1.29, 1.82) is 0 Å². The number of hydrogen-bond acceptors (Lipinski definition) is 5. The van der Waals surface area contributed by atoms with E-state index >= 15 is 0 Å². The minimum atomic E-state index is -4.42. The van der Waals surface area contributed by atoms with Crippen LogP contribution in [-0.2, 0) is 19.6 Å². The van der Waals surface area contributed by atoms with E-state index in [9.17, 15) is 26.8 Å². The summed E-state index contributed by atoms with van der Waals surface area (Å²) in [6.45, 7) is 4.66. The number of amides is 2. The van der Waals surface area contributed by atoms with E-state index in [4.69, 9.17) is 4.74 Å². The van der Waals surface area contributed by atoms with Crippen molar-refractivity contribution in [3.63, 3.8) is 0 Å². The second kappa shape index (κ2) is 6.23. The first-order valence-corrected chi connectivity index (χ1v) is 9.86. The van der Waals surface area contributed by atoms with Crippen LogP contribution in [0.1, 0.15) is 33.6 Å². The summed E-state index contributed by atoms with van der Waals surface area (Å²) >= 11 is 0. The predicted octanol–water partition coefficient (Wildman–Crippen LogP) is 2.27. The van der Waals surface area contributed by atoms with Crippen LogP contribution in [0.5, 0.6) is 0 Å². The Kier molecular flexibility index (Phi) is 4.54. The number of ether oxygens (including phenoxy) is 1. The number of nitrogens with zero attached hydrogens (tertiary/aromatic N) is 2. The minimum Gasteiger partial charge on any atom is -0.432 e. The van der Waals surface area contributed by atoms with E-state index in [0.717, 1.165) is 27.4 Å². The second-order valence-electron chi connectivity index (χ2n) is 7.63. The van der Waals surface area contributed by atoms with Gasteiger partial charge in [0, 0.05) is 31.5 Å². The topological polar surface area (TPSA) is 84.0 Å². The molecule has 2 aliphatic heterocycles. The molecule has 0 aromatic heterocycles. The minimum absolute atomic E-state index is 0.0839. The summed E-state index contributed by atoms with van der Waals surface area (Å²) in [5.74, 6) is -2.88. The normalized spacial score (nSPS) is 21.0. The molecule has 0 atom stereocenters. The highest BCUT2D eigenvalue weighted by atomic mass is 32.2. The van der Waals surface area contributed by atoms with Gasteiger partial charge in [-0.1, -0.05) is 6.07 Å². The number of piperidine rings is 1. The molecule has 0 aliphatic carbocycles. The van der Waals surface area contributed by atoms with Gasteiger partial charge in [0.2, 0.25) is 10.0 Å². The number of benzene rings is 1. The molecule has 0 radical (unpaired) electrons. The zero-order chi connectivity index (χ0) is 20.2. The highest BCUT2D eigenvalue weighted by Gasteiger charge is 2.58. The third-order valence-corrected chi connectivity index (χ3v) is 6.73. The van der Waals surface area contributed by atoms with Gasteiger partial charge < -0.3 is 4.74 Å². The SMILES string of the molecule is CC(C)(C)N1C(=O)OC2(CCN(S(=O)(=O)c3c(F)cccc3F)CC2)C1=O. The van der Waals surface area contributed by atoms with Crippen molar-refractivity contribution in [3.05, 3.63) is 29.8 Å². The van der Waals surface area contributed by atoms with E-state index in [1.165, 1.54) is 0 Å². The van der Waals surface area contributed by atoms with Gasteiger partial charge in [-0.2, -0.15) is 4.31 Å². The van der Waals surface area contributed by atoms with Crippen molar-refractivity contribution in [1.82, 2.24) is 9.21 Å². The molecule has 0 unspecified atom stereocenters. The summed E-state index contributed by atoms with van der Waals surface area (Å²) in [5, 5.41) is 0. The molecule has 2 heterocycles. The number of rotatable bonds is 2. The fourth-order valence-corrected chi connectivity index (χ4v) is 4.93. The van der Waals surface area contributed by atoms with Crippen molar-refractivity contribution >= 4 is 22.0 Å². The molecule has 1 spiro atoms. The number of halogens is 2. The molecule has 1 aromatic carbocycles. The number of carbonyl (C=O) groups is 2. The summed E-state index contributed by atoms with van der Waals surface area (Å²) in [7, 11) is -4.42. The fraction of sp³-hybridized carbons (Fsp3) is 0.529. The lowest BCUT2D eigenvalue weighted by atomic mass is 9.90. The maximum atomic E-state index is 13.9. The standard InChI is InChI=1S/C17H20F2N2O5S/c1-16(2,3)21-14(22)17(26-15(21)23)7-9-20(10-8-17)27(24,25)13-11(18)5-4-6-12(13)19/h4-6H,7-10H2,1-3H3. The molecule has 10 heteroatoms. The summed E-state index contributed by atoms with van der Waals surface area (Å²) in [5.41, 5.74) is -2.22. The van der Waals surface area contributed by atoms with Gasteiger partial charge in [0.1, 0.15) is 11.6 Å². The van der Waals surface area contributed by atoms with Crippen LogP contribution >= 0.6 is 0 Å². The van der Waals surface area contributed by atoms with Crippen LogP contribution in [0.3, 0.4) is 0 Å². The molecule has 3 rings (SSSR count). The number of imide groups is 1. The Morgan fingerprint density at radius 2 is 1.59 bits per heavy atom. The highest BCUT2D eigenvalue weighted by molar-refractivity contribution is 7.89. The zero-order valence-corrected chi connectivity index (χ0v) is 16.0. The van der Waals surface area contributed by atoms with Crippen LogP contribution < -0.4 is 0 Å². The maximum Gasteiger partial charge on any atom is 0.418 e. The van der Waals surface area contributed by atoms with E-state index in [2.05, 4.69) is 0 Å². The van der Waals surface area contributed by atoms with Gasteiger partial charge in [0.05, 0.1) is 0 Å². The molecule has 0 saturated carbocycles. The van der Waals surface area contributed by atoms with Gasteiger partial charge in [0.25, 0.3) is 5.91 Å².